The Bertz CT molecular complexity index is 887. The fourth-order valence-corrected chi connectivity index (χ4v) is 2.98. The predicted molar refractivity (Wildman–Crippen MR) is 104 cm³/mol. The maximum atomic E-state index is 11.8. The van der Waals surface area contributed by atoms with Crippen LogP contribution in [0.25, 0.3) is 0 Å². The molecule has 0 saturated carbocycles. The molecule has 0 fully saturated rings. The molecule has 30 heavy (non-hydrogen) atoms. The van der Waals surface area contributed by atoms with E-state index in [0.717, 1.165) is 23.2 Å². The van der Waals surface area contributed by atoms with Crippen LogP contribution in [-0.4, -0.2) is 72.9 Å². The Labute approximate surface area is 176 Å². The number of aliphatic imine (C=N–C) groups is 1. The lowest BCUT2D eigenvalue weighted by Gasteiger charge is -2.19. The van der Waals surface area contributed by atoms with Crippen LogP contribution >= 0.6 is 23.1 Å². The van der Waals surface area contributed by atoms with Gasteiger partial charge in [-0.05, 0) is 6.42 Å². The molecule has 1 unspecified atom stereocenters. The highest BCUT2D eigenvalue weighted by Crippen LogP contribution is 2.16. The Kier molecular flexibility index (Phi) is 9.50. The number of carboxylic acids is 2. The number of thioether (sulfide) groups is 1. The van der Waals surface area contributed by atoms with Gasteiger partial charge in [-0.1, -0.05) is 30.0 Å². The molecule has 0 saturated heterocycles. The van der Waals surface area contributed by atoms with Crippen molar-refractivity contribution in [2.24, 2.45) is 4.99 Å². The molecule has 5 N–H and O–H groups in total. The van der Waals surface area contributed by atoms with Crippen LogP contribution in [0.3, 0.4) is 0 Å². The smallest absolute Gasteiger partial charge is 0.414 e. The van der Waals surface area contributed by atoms with Crippen molar-refractivity contribution in [3.05, 3.63) is 5.01 Å². The van der Waals surface area contributed by atoms with Crippen molar-refractivity contribution in [3.63, 3.8) is 0 Å². The summed E-state index contributed by atoms with van der Waals surface area (Å²) in [5.74, 6) is -6.08. The molecular weight excluding hydrogens is 444 g/mol. The monoisotopic (exact) mass is 460 g/mol. The van der Waals surface area contributed by atoms with Gasteiger partial charge >= 0.3 is 11.9 Å². The van der Waals surface area contributed by atoms with Gasteiger partial charge in [-0.3, -0.25) is 24.5 Å². The molecule has 1 aliphatic heterocycles. The SMILES string of the molecule is CCc1nnc(NC(=O)CSC2=NC(=O)C(NC(C)=O)C(=O)N2)s1.O=C(O)C(=O)O. The third-order valence-electron chi connectivity index (χ3n) is 2.84. The average Bonchev–Trinajstić information content (AvgIpc) is 3.10. The van der Waals surface area contributed by atoms with E-state index in [1.807, 2.05) is 6.92 Å². The first kappa shape index (κ1) is 24.6. The van der Waals surface area contributed by atoms with Crippen LogP contribution in [0.15, 0.2) is 4.99 Å². The number of hydrogen-bond acceptors (Lipinski definition) is 10. The molecule has 0 radical (unpaired) electrons. The Hall–Kier alpha value is -3.40. The number of rotatable bonds is 5. The number of carboxylic acid groups (broad SMARTS) is 2. The van der Waals surface area contributed by atoms with Crippen LogP contribution in [0.2, 0.25) is 0 Å². The summed E-state index contributed by atoms with van der Waals surface area (Å²) in [4.78, 5) is 68.1. The Morgan fingerprint density at radius 2 is 1.80 bits per heavy atom. The molecule has 1 aromatic heterocycles. The second kappa shape index (κ2) is 11.6. The number of aromatic nitrogens is 2. The van der Waals surface area contributed by atoms with Gasteiger partial charge in [0, 0.05) is 6.92 Å². The zero-order valence-electron chi connectivity index (χ0n) is 15.5. The second-order valence-electron chi connectivity index (χ2n) is 5.18. The van der Waals surface area contributed by atoms with Crippen molar-refractivity contribution in [2.45, 2.75) is 26.3 Å². The number of aryl methyl sites for hydroxylation is 1. The summed E-state index contributed by atoms with van der Waals surface area (Å²) in [6.07, 6.45) is 0.725. The van der Waals surface area contributed by atoms with Crippen molar-refractivity contribution in [1.29, 1.82) is 0 Å². The molecule has 0 bridgehead atoms. The fraction of sp³-hybridized carbons (Fsp3) is 0.357. The molecule has 0 spiro atoms. The quantitative estimate of drug-likeness (QED) is 0.250. The number of nitrogens with one attached hydrogen (secondary N) is 3. The molecule has 14 nitrogen and oxygen atoms in total. The first-order valence-corrected chi connectivity index (χ1v) is 9.75. The molecule has 162 valence electrons. The molecule has 0 aromatic carbocycles. The lowest BCUT2D eigenvalue weighted by atomic mass is 10.2. The van der Waals surface area contributed by atoms with E-state index in [2.05, 4.69) is 31.1 Å². The van der Waals surface area contributed by atoms with Gasteiger partial charge in [0.2, 0.25) is 16.9 Å². The Balaban J connectivity index is 0.000000656. The van der Waals surface area contributed by atoms with Crippen LogP contribution in [0.5, 0.6) is 0 Å². The van der Waals surface area contributed by atoms with Crippen LogP contribution < -0.4 is 16.0 Å². The van der Waals surface area contributed by atoms with Gasteiger partial charge < -0.3 is 20.8 Å². The number of amides is 4. The Morgan fingerprint density at radius 3 is 2.27 bits per heavy atom. The Morgan fingerprint density at radius 1 is 1.17 bits per heavy atom. The number of hydrogen-bond donors (Lipinski definition) is 5. The first-order valence-electron chi connectivity index (χ1n) is 7.95. The minimum atomic E-state index is -1.82. The molecule has 0 aliphatic carbocycles. The molecule has 16 heteroatoms. The third-order valence-corrected chi connectivity index (χ3v) is 4.69. The zero-order valence-corrected chi connectivity index (χ0v) is 17.1. The minimum absolute atomic E-state index is 0.00765. The molecule has 1 atom stereocenters. The summed E-state index contributed by atoms with van der Waals surface area (Å²) in [5, 5.41) is 30.8. The minimum Gasteiger partial charge on any atom is -0.473 e. The van der Waals surface area contributed by atoms with Crippen molar-refractivity contribution >= 4 is 69.0 Å². The van der Waals surface area contributed by atoms with E-state index in [4.69, 9.17) is 19.8 Å². The molecule has 2 heterocycles. The summed E-state index contributed by atoms with van der Waals surface area (Å²) in [5.41, 5.74) is 0. The highest BCUT2D eigenvalue weighted by molar-refractivity contribution is 8.14. The van der Waals surface area contributed by atoms with Crippen molar-refractivity contribution in [2.75, 3.05) is 11.1 Å². The van der Waals surface area contributed by atoms with Gasteiger partial charge in [-0.25, -0.2) is 9.59 Å². The maximum Gasteiger partial charge on any atom is 0.414 e. The highest BCUT2D eigenvalue weighted by Gasteiger charge is 2.32. The third kappa shape index (κ3) is 8.31. The summed E-state index contributed by atoms with van der Waals surface area (Å²) in [6, 6.07) is -1.34. The number of anilines is 1. The predicted octanol–water partition coefficient (Wildman–Crippen LogP) is -1.56. The van der Waals surface area contributed by atoms with Crippen LogP contribution in [0, 0.1) is 0 Å². The molecule has 2 rings (SSSR count). The molecule has 1 aliphatic rings. The molecular formula is C14H16N6O8S2. The van der Waals surface area contributed by atoms with Crippen LogP contribution in [0.1, 0.15) is 18.9 Å². The average molecular weight is 460 g/mol. The van der Waals surface area contributed by atoms with E-state index in [9.17, 15) is 19.2 Å². The second-order valence-corrected chi connectivity index (χ2v) is 7.21. The van der Waals surface area contributed by atoms with Gasteiger partial charge in [-0.15, -0.1) is 10.2 Å². The standard InChI is InChI=1S/C12H14N6O4S2.C2H2O4/c1-3-7-17-18-12(24-7)14-6(20)4-23-11-15-9(21)8(10(22)16-11)13-5(2)19;3-1(4)2(5)6/h8H,3-4H2,1-2H3,(H,13,19)(H,14,18,20)(H,15,16,21,22);(H,3,4)(H,5,6). The highest BCUT2D eigenvalue weighted by atomic mass is 32.2. The van der Waals surface area contributed by atoms with Crippen molar-refractivity contribution < 1.29 is 39.0 Å². The van der Waals surface area contributed by atoms with Gasteiger partial charge in [0.1, 0.15) is 5.01 Å². The van der Waals surface area contributed by atoms with E-state index >= 15 is 0 Å². The summed E-state index contributed by atoms with van der Waals surface area (Å²) in [6.45, 7) is 3.12. The van der Waals surface area contributed by atoms with E-state index in [1.165, 1.54) is 18.3 Å². The normalized spacial score (nSPS) is 15.1. The zero-order chi connectivity index (χ0) is 22.8. The van der Waals surface area contributed by atoms with E-state index < -0.39 is 35.7 Å². The summed E-state index contributed by atoms with van der Waals surface area (Å²) in [7, 11) is 0. The number of amidine groups is 1. The molecule has 1 aromatic rings. The van der Waals surface area contributed by atoms with E-state index in [-0.39, 0.29) is 16.8 Å². The van der Waals surface area contributed by atoms with Gasteiger partial charge in [0.15, 0.2) is 11.2 Å². The van der Waals surface area contributed by atoms with Gasteiger partial charge in [0.05, 0.1) is 5.75 Å². The maximum absolute atomic E-state index is 11.8. The fourth-order valence-electron chi connectivity index (χ4n) is 1.62. The molecule has 4 amide bonds. The van der Waals surface area contributed by atoms with Crippen LogP contribution in [-0.2, 0) is 35.2 Å². The number of aliphatic carboxylic acids is 2. The lowest BCUT2D eigenvalue weighted by Crippen LogP contribution is -2.54. The van der Waals surface area contributed by atoms with Crippen molar-refractivity contribution in [1.82, 2.24) is 20.8 Å². The van der Waals surface area contributed by atoms with E-state index in [1.54, 1.807) is 0 Å². The first-order chi connectivity index (χ1) is 14.0. The number of nitrogens with zero attached hydrogens (tertiary/aromatic N) is 3. The largest absolute Gasteiger partial charge is 0.473 e. The summed E-state index contributed by atoms with van der Waals surface area (Å²) < 4.78 is 0. The number of carbonyl (C=O) groups excluding carboxylic acids is 4. The van der Waals surface area contributed by atoms with E-state index in [0.29, 0.717) is 5.13 Å². The van der Waals surface area contributed by atoms with Crippen LogP contribution in [0.4, 0.5) is 5.13 Å². The van der Waals surface area contributed by atoms with Gasteiger partial charge in [-0.2, -0.15) is 4.99 Å². The topological polar surface area (TPSA) is 217 Å². The number of carbonyl (C=O) groups is 6. The lowest BCUT2D eigenvalue weighted by molar-refractivity contribution is -0.159. The van der Waals surface area contributed by atoms with Gasteiger partial charge in [0.25, 0.3) is 11.8 Å². The summed E-state index contributed by atoms with van der Waals surface area (Å²) >= 11 is 2.17. The van der Waals surface area contributed by atoms with Crippen molar-refractivity contribution in [3.8, 4) is 0 Å².